The summed E-state index contributed by atoms with van der Waals surface area (Å²) in [4.78, 5) is 0. The van der Waals surface area contributed by atoms with E-state index >= 15 is 0 Å². The number of halogens is 1. The van der Waals surface area contributed by atoms with Crippen LogP contribution in [0.4, 0.5) is 4.39 Å². The van der Waals surface area contributed by atoms with E-state index in [2.05, 4.69) is 4.72 Å². The number of nitrogens with one attached hydrogen (secondary N) is 1. The first-order valence-electron chi connectivity index (χ1n) is 6.12. The van der Waals surface area contributed by atoms with Crippen molar-refractivity contribution in [3.8, 4) is 0 Å². The van der Waals surface area contributed by atoms with Crippen molar-refractivity contribution in [1.29, 1.82) is 0 Å². The number of methoxy groups -OCH3 is 1. The summed E-state index contributed by atoms with van der Waals surface area (Å²) < 4.78 is 44.8. The highest BCUT2D eigenvalue weighted by Crippen LogP contribution is 2.26. The zero-order valence-electron chi connectivity index (χ0n) is 11.4. The second kappa shape index (κ2) is 6.45. The number of ether oxygens (including phenoxy) is 1. The Balaban J connectivity index is 2.91. The van der Waals surface area contributed by atoms with Gasteiger partial charge >= 0.3 is 0 Å². The van der Waals surface area contributed by atoms with E-state index in [1.807, 2.05) is 0 Å². The third-order valence-electron chi connectivity index (χ3n) is 3.00. The number of sulfonamides is 1. The first-order chi connectivity index (χ1) is 8.84. The second-order valence-corrected chi connectivity index (χ2v) is 6.48. The van der Waals surface area contributed by atoms with Crippen molar-refractivity contribution < 1.29 is 17.5 Å². The molecule has 0 heterocycles. The lowest BCUT2D eigenvalue weighted by Crippen LogP contribution is -2.41. The van der Waals surface area contributed by atoms with Gasteiger partial charge in [-0.25, -0.2) is 17.5 Å². The summed E-state index contributed by atoms with van der Waals surface area (Å²) in [5, 5.41) is 0. The molecule has 0 radical (unpaired) electrons. The van der Waals surface area contributed by atoms with Gasteiger partial charge in [-0.3, -0.25) is 0 Å². The quantitative estimate of drug-likeness (QED) is 0.835. The topological polar surface area (TPSA) is 55.4 Å². The Morgan fingerprint density at radius 1 is 1.37 bits per heavy atom. The summed E-state index contributed by atoms with van der Waals surface area (Å²) in [5.74, 6) is -0.370. The molecule has 4 nitrogen and oxygen atoms in total. The number of hydrogen-bond acceptors (Lipinski definition) is 3. The Morgan fingerprint density at radius 2 is 2.00 bits per heavy atom. The number of benzene rings is 1. The minimum absolute atomic E-state index is 0.00718. The molecule has 19 heavy (non-hydrogen) atoms. The van der Waals surface area contributed by atoms with Crippen LogP contribution in [0.3, 0.4) is 0 Å². The van der Waals surface area contributed by atoms with Crippen LogP contribution in [-0.2, 0) is 20.4 Å². The lowest BCUT2D eigenvalue weighted by molar-refractivity contribution is 0.00410. The van der Waals surface area contributed by atoms with Gasteiger partial charge < -0.3 is 4.74 Å². The van der Waals surface area contributed by atoms with Crippen LogP contribution >= 0.6 is 0 Å². The van der Waals surface area contributed by atoms with Gasteiger partial charge in [-0.2, -0.15) is 0 Å². The average Bonchev–Trinajstić information content (AvgIpc) is 2.37. The standard InChI is InChI=1S/C13H20FNO3S/c1-4-9-19(16,17)15-10-13(2,18-3)11-7-5-6-8-12(11)14/h5-8,15H,4,9-10H2,1-3H3/t13-/m0/s1. The van der Waals surface area contributed by atoms with Gasteiger partial charge in [0.15, 0.2) is 0 Å². The Labute approximate surface area is 114 Å². The summed E-state index contributed by atoms with van der Waals surface area (Å²) in [7, 11) is -1.92. The smallest absolute Gasteiger partial charge is 0.211 e. The third-order valence-corrected chi connectivity index (χ3v) is 4.53. The predicted molar refractivity (Wildman–Crippen MR) is 72.8 cm³/mol. The van der Waals surface area contributed by atoms with Crippen LogP contribution < -0.4 is 4.72 Å². The molecule has 0 saturated carbocycles. The monoisotopic (exact) mass is 289 g/mol. The zero-order chi connectivity index (χ0) is 14.5. The van der Waals surface area contributed by atoms with E-state index in [4.69, 9.17) is 4.74 Å². The molecular weight excluding hydrogens is 269 g/mol. The van der Waals surface area contributed by atoms with Crippen LogP contribution in [-0.4, -0.2) is 27.8 Å². The Kier molecular flexibility index (Phi) is 5.46. The molecule has 0 aromatic heterocycles. The first kappa shape index (κ1) is 16.1. The van der Waals surface area contributed by atoms with Crippen molar-refractivity contribution in [3.05, 3.63) is 35.6 Å². The van der Waals surface area contributed by atoms with Crippen LogP contribution in [0.2, 0.25) is 0 Å². The molecule has 1 rings (SSSR count). The maximum absolute atomic E-state index is 13.8. The molecule has 108 valence electrons. The van der Waals surface area contributed by atoms with Crippen LogP contribution in [0.25, 0.3) is 0 Å². The van der Waals surface area contributed by atoms with E-state index in [1.54, 1.807) is 32.0 Å². The highest BCUT2D eigenvalue weighted by atomic mass is 32.2. The van der Waals surface area contributed by atoms with E-state index in [1.165, 1.54) is 13.2 Å². The van der Waals surface area contributed by atoms with Crippen molar-refractivity contribution in [2.24, 2.45) is 0 Å². The van der Waals surface area contributed by atoms with Gasteiger partial charge in [0.1, 0.15) is 11.4 Å². The van der Waals surface area contributed by atoms with Crippen LogP contribution in [0.1, 0.15) is 25.8 Å². The van der Waals surface area contributed by atoms with Crippen molar-refractivity contribution in [2.45, 2.75) is 25.9 Å². The second-order valence-electron chi connectivity index (χ2n) is 4.55. The van der Waals surface area contributed by atoms with Gasteiger partial charge in [-0.1, -0.05) is 25.1 Å². The lowest BCUT2D eigenvalue weighted by atomic mass is 9.95. The normalized spacial score (nSPS) is 15.2. The number of rotatable bonds is 7. The molecule has 0 amide bonds. The van der Waals surface area contributed by atoms with Gasteiger partial charge in [0.25, 0.3) is 0 Å². The van der Waals surface area contributed by atoms with Gasteiger partial charge in [-0.05, 0) is 19.4 Å². The van der Waals surface area contributed by atoms with Crippen LogP contribution in [0, 0.1) is 5.82 Å². The molecule has 0 fully saturated rings. The Morgan fingerprint density at radius 3 is 2.53 bits per heavy atom. The summed E-state index contributed by atoms with van der Waals surface area (Å²) in [5.41, 5.74) is -0.705. The maximum Gasteiger partial charge on any atom is 0.211 e. The van der Waals surface area contributed by atoms with Crippen molar-refractivity contribution in [3.63, 3.8) is 0 Å². The zero-order valence-corrected chi connectivity index (χ0v) is 12.3. The van der Waals surface area contributed by atoms with Crippen molar-refractivity contribution in [1.82, 2.24) is 4.72 Å². The molecule has 0 bridgehead atoms. The highest BCUT2D eigenvalue weighted by Gasteiger charge is 2.30. The van der Waals surface area contributed by atoms with Crippen molar-refractivity contribution in [2.75, 3.05) is 19.4 Å². The summed E-state index contributed by atoms with van der Waals surface area (Å²) >= 11 is 0. The molecule has 0 aliphatic rings. The number of hydrogen-bond donors (Lipinski definition) is 1. The first-order valence-corrected chi connectivity index (χ1v) is 7.77. The Bertz CT molecular complexity index is 518. The SMILES string of the molecule is CCCS(=O)(=O)NC[C@](C)(OC)c1ccccc1F. The summed E-state index contributed by atoms with van der Waals surface area (Å²) in [6, 6.07) is 6.19. The van der Waals surface area contributed by atoms with Crippen LogP contribution in [0.15, 0.2) is 24.3 Å². The molecule has 0 aliphatic carbocycles. The molecule has 1 atom stereocenters. The molecule has 0 unspecified atom stereocenters. The van der Waals surface area contributed by atoms with E-state index in [9.17, 15) is 12.8 Å². The molecule has 1 aromatic rings. The molecule has 0 spiro atoms. The van der Waals surface area contributed by atoms with E-state index in [0.717, 1.165) is 0 Å². The van der Waals surface area contributed by atoms with Crippen molar-refractivity contribution >= 4 is 10.0 Å². The van der Waals surface area contributed by atoms with E-state index in [0.29, 0.717) is 12.0 Å². The molecule has 0 aliphatic heterocycles. The minimum Gasteiger partial charge on any atom is -0.372 e. The van der Waals surface area contributed by atoms with E-state index in [-0.39, 0.29) is 12.3 Å². The Hall–Kier alpha value is -0.980. The van der Waals surface area contributed by atoms with E-state index < -0.39 is 21.4 Å². The molecule has 1 aromatic carbocycles. The van der Waals surface area contributed by atoms with Gasteiger partial charge in [-0.15, -0.1) is 0 Å². The fraction of sp³-hybridized carbons (Fsp3) is 0.538. The average molecular weight is 289 g/mol. The molecule has 1 N–H and O–H groups in total. The summed E-state index contributed by atoms with van der Waals surface area (Å²) in [6.07, 6.45) is 0.527. The highest BCUT2D eigenvalue weighted by molar-refractivity contribution is 7.89. The minimum atomic E-state index is -3.35. The summed E-state index contributed by atoms with van der Waals surface area (Å²) in [6.45, 7) is 3.43. The lowest BCUT2D eigenvalue weighted by Gasteiger charge is -2.29. The third kappa shape index (κ3) is 4.26. The molecule has 0 saturated heterocycles. The van der Waals surface area contributed by atoms with Gasteiger partial charge in [0.05, 0.1) is 5.75 Å². The molecule has 6 heteroatoms. The fourth-order valence-corrected chi connectivity index (χ4v) is 2.93. The predicted octanol–water partition coefficient (Wildman–Crippen LogP) is 2.02. The fourth-order valence-electron chi connectivity index (χ4n) is 1.76. The van der Waals surface area contributed by atoms with Crippen LogP contribution in [0.5, 0.6) is 0 Å². The van der Waals surface area contributed by atoms with Gasteiger partial charge in [0, 0.05) is 19.2 Å². The largest absolute Gasteiger partial charge is 0.372 e. The van der Waals surface area contributed by atoms with Gasteiger partial charge in [0.2, 0.25) is 10.0 Å². The maximum atomic E-state index is 13.8. The molecular formula is C13H20FNO3S.